The van der Waals surface area contributed by atoms with Crippen LogP contribution in [0.3, 0.4) is 0 Å². The Morgan fingerprint density at radius 3 is 2.57 bits per heavy atom. The van der Waals surface area contributed by atoms with Crippen LogP contribution in [0.5, 0.6) is 0 Å². The van der Waals surface area contributed by atoms with Gasteiger partial charge in [0.25, 0.3) is 5.91 Å². The average Bonchev–Trinajstić information content (AvgIpc) is 3.20. The van der Waals surface area contributed by atoms with Gasteiger partial charge in [-0.15, -0.1) is 0 Å². The molecule has 0 aliphatic heterocycles. The van der Waals surface area contributed by atoms with Gasteiger partial charge in [0.05, 0.1) is 27.2 Å². The number of halogens is 2. The lowest BCUT2D eigenvalue weighted by atomic mass is 10.1. The predicted octanol–water partition coefficient (Wildman–Crippen LogP) is 5.19. The molecule has 30 heavy (non-hydrogen) atoms. The second-order valence-corrected chi connectivity index (χ2v) is 7.70. The molecular formula is C23H19Cl2N3O2. The lowest BCUT2D eigenvalue weighted by molar-refractivity contribution is 0.0942. The van der Waals surface area contributed by atoms with Gasteiger partial charge in [0.1, 0.15) is 6.33 Å². The smallest absolute Gasteiger partial charge is 0.251 e. The summed E-state index contributed by atoms with van der Waals surface area (Å²) in [6, 6.07) is 20.2. The summed E-state index contributed by atoms with van der Waals surface area (Å²) < 4.78 is 1.98. The van der Waals surface area contributed by atoms with Gasteiger partial charge in [0.2, 0.25) is 0 Å². The quantitative estimate of drug-likeness (QED) is 0.434. The van der Waals surface area contributed by atoms with Gasteiger partial charge in [-0.05, 0) is 60.5 Å². The number of nitrogens with one attached hydrogen (secondary N) is 1. The van der Waals surface area contributed by atoms with Gasteiger partial charge in [-0.25, -0.2) is 4.98 Å². The maximum absolute atomic E-state index is 12.4. The molecule has 0 fully saturated rings. The fourth-order valence-corrected chi connectivity index (χ4v) is 3.56. The SMILES string of the molecule is O=C(NCCC(O)c1ccc(Cl)c(Cl)c1)c1ccc(-n2cnc3ccccc32)cc1. The first-order valence-electron chi connectivity index (χ1n) is 9.46. The summed E-state index contributed by atoms with van der Waals surface area (Å²) >= 11 is 11.9. The molecule has 152 valence electrons. The number of fused-ring (bicyclic) bond motifs is 1. The Bertz CT molecular complexity index is 1190. The van der Waals surface area contributed by atoms with Crippen LogP contribution in [0.15, 0.2) is 73.1 Å². The number of hydrogen-bond acceptors (Lipinski definition) is 3. The van der Waals surface area contributed by atoms with Crippen LogP contribution in [0.4, 0.5) is 0 Å². The van der Waals surface area contributed by atoms with Crippen LogP contribution in [0.2, 0.25) is 10.0 Å². The third kappa shape index (κ3) is 4.33. The van der Waals surface area contributed by atoms with Crippen LogP contribution in [0.1, 0.15) is 28.4 Å². The minimum atomic E-state index is -0.739. The number of aliphatic hydroxyl groups is 1. The van der Waals surface area contributed by atoms with Crippen molar-refractivity contribution in [3.05, 3.63) is 94.2 Å². The maximum atomic E-state index is 12.4. The zero-order valence-electron chi connectivity index (χ0n) is 15.9. The largest absolute Gasteiger partial charge is 0.388 e. The number of hydrogen-bond donors (Lipinski definition) is 2. The minimum Gasteiger partial charge on any atom is -0.388 e. The number of imidazole rings is 1. The molecular weight excluding hydrogens is 421 g/mol. The molecule has 0 bridgehead atoms. The maximum Gasteiger partial charge on any atom is 0.251 e. The van der Waals surface area contributed by atoms with Crippen LogP contribution < -0.4 is 5.32 Å². The Balaban J connectivity index is 1.36. The highest BCUT2D eigenvalue weighted by molar-refractivity contribution is 6.42. The van der Waals surface area contributed by atoms with Crippen molar-refractivity contribution in [2.24, 2.45) is 0 Å². The number of carbonyl (C=O) groups is 1. The Kier molecular flexibility index (Phi) is 6.04. The third-order valence-electron chi connectivity index (χ3n) is 4.89. The van der Waals surface area contributed by atoms with Crippen LogP contribution >= 0.6 is 23.2 Å². The van der Waals surface area contributed by atoms with E-state index in [-0.39, 0.29) is 5.91 Å². The number of aliphatic hydroxyl groups excluding tert-OH is 1. The zero-order valence-corrected chi connectivity index (χ0v) is 17.4. The molecule has 3 aromatic carbocycles. The molecule has 1 aromatic heterocycles. The second-order valence-electron chi connectivity index (χ2n) is 6.88. The summed E-state index contributed by atoms with van der Waals surface area (Å²) in [4.78, 5) is 16.8. The standard InChI is InChI=1S/C23H19Cl2N3O2/c24-18-10-7-16(13-19(18)25)22(29)11-12-26-23(30)15-5-8-17(9-6-15)28-14-27-20-3-1-2-4-21(20)28/h1-10,13-14,22,29H,11-12H2,(H,26,30). The van der Waals surface area contributed by atoms with Crippen molar-refractivity contribution in [1.82, 2.24) is 14.9 Å². The van der Waals surface area contributed by atoms with Gasteiger partial charge in [-0.2, -0.15) is 0 Å². The molecule has 7 heteroatoms. The molecule has 1 atom stereocenters. The summed E-state index contributed by atoms with van der Waals surface area (Å²) in [5.74, 6) is -0.196. The monoisotopic (exact) mass is 439 g/mol. The normalized spacial score (nSPS) is 12.1. The molecule has 1 heterocycles. The molecule has 0 aliphatic rings. The first kappa shape index (κ1) is 20.4. The van der Waals surface area contributed by atoms with Crippen molar-refractivity contribution < 1.29 is 9.90 Å². The Hall–Kier alpha value is -2.86. The van der Waals surface area contributed by atoms with Gasteiger partial charge < -0.3 is 10.4 Å². The Morgan fingerprint density at radius 2 is 1.80 bits per heavy atom. The van der Waals surface area contributed by atoms with E-state index in [9.17, 15) is 9.90 Å². The summed E-state index contributed by atoms with van der Waals surface area (Å²) in [7, 11) is 0. The van der Waals surface area contributed by atoms with Gasteiger partial charge in [0.15, 0.2) is 0 Å². The molecule has 1 amide bonds. The predicted molar refractivity (Wildman–Crippen MR) is 119 cm³/mol. The number of rotatable bonds is 6. The van der Waals surface area contributed by atoms with Crippen molar-refractivity contribution in [1.29, 1.82) is 0 Å². The van der Waals surface area contributed by atoms with Crippen LogP contribution in [-0.4, -0.2) is 27.1 Å². The summed E-state index contributed by atoms with van der Waals surface area (Å²) in [5, 5.41) is 13.9. The van der Waals surface area contributed by atoms with Crippen molar-refractivity contribution in [3.63, 3.8) is 0 Å². The molecule has 1 unspecified atom stereocenters. The first-order valence-corrected chi connectivity index (χ1v) is 10.2. The topological polar surface area (TPSA) is 67.2 Å². The number of carbonyl (C=O) groups excluding carboxylic acids is 1. The average molecular weight is 440 g/mol. The van der Waals surface area contributed by atoms with Gasteiger partial charge in [-0.3, -0.25) is 9.36 Å². The molecule has 5 nitrogen and oxygen atoms in total. The lowest BCUT2D eigenvalue weighted by Gasteiger charge is -2.13. The van der Waals surface area contributed by atoms with E-state index < -0.39 is 6.10 Å². The van der Waals surface area contributed by atoms with Gasteiger partial charge in [0, 0.05) is 17.8 Å². The van der Waals surface area contributed by atoms with E-state index in [4.69, 9.17) is 23.2 Å². The van der Waals surface area contributed by atoms with E-state index in [0.717, 1.165) is 16.7 Å². The fourth-order valence-electron chi connectivity index (χ4n) is 3.25. The van der Waals surface area contributed by atoms with Crippen LogP contribution in [-0.2, 0) is 0 Å². The molecule has 0 spiro atoms. The van der Waals surface area contributed by atoms with E-state index in [1.165, 1.54) is 0 Å². The first-order chi connectivity index (χ1) is 14.5. The second kappa shape index (κ2) is 8.88. The molecule has 4 rings (SSSR count). The summed E-state index contributed by atoms with van der Waals surface area (Å²) in [6.07, 6.45) is 1.39. The molecule has 0 saturated carbocycles. The van der Waals surface area contributed by atoms with Crippen molar-refractivity contribution in [2.75, 3.05) is 6.54 Å². The van der Waals surface area contributed by atoms with E-state index >= 15 is 0 Å². The number of para-hydroxylation sites is 2. The van der Waals surface area contributed by atoms with E-state index in [1.807, 2.05) is 41.0 Å². The Labute approximate surface area is 183 Å². The highest BCUT2D eigenvalue weighted by Crippen LogP contribution is 2.26. The minimum absolute atomic E-state index is 0.196. The molecule has 4 aromatic rings. The van der Waals surface area contributed by atoms with Crippen molar-refractivity contribution in [3.8, 4) is 5.69 Å². The van der Waals surface area contributed by atoms with E-state index in [2.05, 4.69) is 10.3 Å². The van der Waals surface area contributed by atoms with E-state index in [0.29, 0.717) is 34.1 Å². The Morgan fingerprint density at radius 1 is 1.03 bits per heavy atom. The molecule has 0 saturated heterocycles. The van der Waals surface area contributed by atoms with Crippen LogP contribution in [0, 0.1) is 0 Å². The number of amides is 1. The molecule has 0 radical (unpaired) electrons. The van der Waals surface area contributed by atoms with Gasteiger partial charge >= 0.3 is 0 Å². The zero-order chi connectivity index (χ0) is 21.1. The third-order valence-corrected chi connectivity index (χ3v) is 5.63. The summed E-state index contributed by atoms with van der Waals surface area (Å²) in [5.41, 5.74) is 4.06. The van der Waals surface area contributed by atoms with Gasteiger partial charge in [-0.1, -0.05) is 41.4 Å². The number of nitrogens with zero attached hydrogens (tertiary/aromatic N) is 2. The molecule has 0 aliphatic carbocycles. The van der Waals surface area contributed by atoms with Crippen molar-refractivity contribution in [2.45, 2.75) is 12.5 Å². The lowest BCUT2D eigenvalue weighted by Crippen LogP contribution is -2.25. The highest BCUT2D eigenvalue weighted by Gasteiger charge is 2.12. The fraction of sp³-hybridized carbons (Fsp3) is 0.130. The highest BCUT2D eigenvalue weighted by atomic mass is 35.5. The summed E-state index contributed by atoms with van der Waals surface area (Å²) in [6.45, 7) is 0.328. The van der Waals surface area contributed by atoms with E-state index in [1.54, 1.807) is 36.7 Å². The van der Waals surface area contributed by atoms with Crippen molar-refractivity contribution >= 4 is 40.1 Å². The number of aromatic nitrogens is 2. The number of benzene rings is 3. The van der Waals surface area contributed by atoms with Crippen LogP contribution in [0.25, 0.3) is 16.7 Å². The molecule has 2 N–H and O–H groups in total.